The van der Waals surface area contributed by atoms with E-state index in [1.54, 1.807) is 13.1 Å². The zero-order valence-corrected chi connectivity index (χ0v) is 14.4. The predicted molar refractivity (Wildman–Crippen MR) is 94.1 cm³/mol. The number of carbonyl (C=O) groups is 2. The summed E-state index contributed by atoms with van der Waals surface area (Å²) >= 11 is 0. The fourth-order valence-corrected chi connectivity index (χ4v) is 2.82. The Bertz CT molecular complexity index is 749. The van der Waals surface area contributed by atoms with Crippen molar-refractivity contribution in [1.29, 1.82) is 0 Å². The molecule has 6 heteroatoms. The summed E-state index contributed by atoms with van der Waals surface area (Å²) in [5, 5.41) is 7.19. The Morgan fingerprint density at radius 1 is 1.17 bits per heavy atom. The highest BCUT2D eigenvalue weighted by atomic mass is 16.2. The second kappa shape index (κ2) is 7.77. The molecule has 2 amide bonds. The van der Waals surface area contributed by atoms with E-state index in [2.05, 4.69) is 17.3 Å². The highest BCUT2D eigenvalue weighted by Crippen LogP contribution is 2.23. The van der Waals surface area contributed by atoms with Gasteiger partial charge in [-0.25, -0.2) is 0 Å². The lowest BCUT2D eigenvalue weighted by atomic mass is 10.0. The van der Waals surface area contributed by atoms with Gasteiger partial charge in [0.2, 0.25) is 0 Å². The molecule has 3 N–H and O–H groups in total. The van der Waals surface area contributed by atoms with Gasteiger partial charge in [0.25, 0.3) is 11.8 Å². The molecule has 2 rings (SSSR count). The van der Waals surface area contributed by atoms with Gasteiger partial charge in [-0.05, 0) is 24.5 Å². The number of aryl methyl sites for hydroxylation is 3. The van der Waals surface area contributed by atoms with Crippen molar-refractivity contribution < 1.29 is 9.59 Å². The van der Waals surface area contributed by atoms with E-state index in [9.17, 15) is 9.59 Å². The Kier molecular flexibility index (Phi) is 5.73. The average Bonchev–Trinajstić information content (AvgIpc) is 2.84. The second-order valence-electron chi connectivity index (χ2n) is 5.77. The number of nitrogens with one attached hydrogen (secondary N) is 1. The topological polar surface area (TPSA) is 90.0 Å². The van der Waals surface area contributed by atoms with Crippen molar-refractivity contribution in [1.82, 2.24) is 9.78 Å². The van der Waals surface area contributed by atoms with Crippen LogP contribution in [0.25, 0.3) is 0 Å². The molecule has 1 aromatic carbocycles. The molecule has 0 saturated heterocycles. The van der Waals surface area contributed by atoms with E-state index < -0.39 is 5.91 Å². The van der Waals surface area contributed by atoms with Crippen LogP contribution in [-0.2, 0) is 19.9 Å². The van der Waals surface area contributed by atoms with Crippen molar-refractivity contribution in [2.24, 2.45) is 12.8 Å². The molecule has 0 bridgehead atoms. The van der Waals surface area contributed by atoms with Crippen LogP contribution in [0.4, 0.5) is 5.69 Å². The highest BCUT2D eigenvalue weighted by molar-refractivity contribution is 6.09. The van der Waals surface area contributed by atoms with E-state index in [-0.39, 0.29) is 11.6 Å². The van der Waals surface area contributed by atoms with Gasteiger partial charge >= 0.3 is 0 Å². The van der Waals surface area contributed by atoms with Crippen molar-refractivity contribution in [3.05, 3.63) is 46.8 Å². The molecule has 0 radical (unpaired) electrons. The van der Waals surface area contributed by atoms with Gasteiger partial charge in [0.15, 0.2) is 0 Å². The van der Waals surface area contributed by atoms with Crippen LogP contribution in [0.15, 0.2) is 24.3 Å². The summed E-state index contributed by atoms with van der Waals surface area (Å²) in [7, 11) is 1.65. The summed E-state index contributed by atoms with van der Waals surface area (Å²) in [5.41, 5.74) is 8.38. The van der Waals surface area contributed by atoms with E-state index in [1.165, 1.54) is 4.68 Å². The smallest absolute Gasteiger partial charge is 0.269 e. The van der Waals surface area contributed by atoms with Crippen LogP contribution < -0.4 is 11.1 Å². The standard InChI is InChI=1S/C18H24N4O2/c1-4-8-12-10-6-7-11-13(12)18(24)20-15-14(9-5-2)21-22(3)16(15)17(19)23/h6-7,10-11H,4-5,8-9H2,1-3H3,(H2,19,23)(H,20,24). The summed E-state index contributed by atoms with van der Waals surface area (Å²) < 4.78 is 1.43. The van der Waals surface area contributed by atoms with Crippen LogP contribution >= 0.6 is 0 Å². The molecule has 0 aliphatic carbocycles. The van der Waals surface area contributed by atoms with E-state index in [0.29, 0.717) is 23.4 Å². The van der Waals surface area contributed by atoms with Gasteiger partial charge < -0.3 is 11.1 Å². The molecule has 0 aliphatic rings. The number of hydrogen-bond donors (Lipinski definition) is 2. The minimum absolute atomic E-state index is 0.222. The van der Waals surface area contributed by atoms with Gasteiger partial charge in [-0.1, -0.05) is 44.9 Å². The third-order valence-corrected chi connectivity index (χ3v) is 3.86. The first-order chi connectivity index (χ1) is 11.5. The van der Waals surface area contributed by atoms with E-state index >= 15 is 0 Å². The second-order valence-corrected chi connectivity index (χ2v) is 5.77. The first-order valence-corrected chi connectivity index (χ1v) is 8.24. The molecule has 0 saturated carbocycles. The van der Waals surface area contributed by atoms with Crippen LogP contribution in [0.2, 0.25) is 0 Å². The molecule has 6 nitrogen and oxygen atoms in total. The van der Waals surface area contributed by atoms with Gasteiger partial charge in [0, 0.05) is 12.6 Å². The third kappa shape index (κ3) is 3.64. The number of nitrogens with zero attached hydrogens (tertiary/aromatic N) is 2. The zero-order chi connectivity index (χ0) is 17.7. The molecular weight excluding hydrogens is 304 g/mol. The van der Waals surface area contributed by atoms with Crippen molar-refractivity contribution in [3.8, 4) is 0 Å². The Balaban J connectivity index is 2.40. The van der Waals surface area contributed by atoms with Crippen molar-refractivity contribution in [3.63, 3.8) is 0 Å². The number of amides is 2. The van der Waals surface area contributed by atoms with Crippen LogP contribution in [0.5, 0.6) is 0 Å². The number of carbonyl (C=O) groups excluding carboxylic acids is 2. The molecule has 0 atom stereocenters. The zero-order valence-electron chi connectivity index (χ0n) is 14.4. The highest BCUT2D eigenvalue weighted by Gasteiger charge is 2.22. The Labute approximate surface area is 142 Å². The van der Waals surface area contributed by atoms with Crippen LogP contribution in [-0.4, -0.2) is 21.6 Å². The van der Waals surface area contributed by atoms with Gasteiger partial charge in [0.1, 0.15) is 5.69 Å². The third-order valence-electron chi connectivity index (χ3n) is 3.86. The maximum absolute atomic E-state index is 12.8. The van der Waals surface area contributed by atoms with Gasteiger partial charge in [0.05, 0.1) is 11.4 Å². The van der Waals surface area contributed by atoms with Gasteiger partial charge in [-0.2, -0.15) is 5.10 Å². The number of primary amides is 1. The average molecular weight is 328 g/mol. The lowest BCUT2D eigenvalue weighted by molar-refractivity contribution is 0.0992. The van der Waals surface area contributed by atoms with Crippen LogP contribution in [0.3, 0.4) is 0 Å². The summed E-state index contributed by atoms with van der Waals surface area (Å²) in [4.78, 5) is 24.5. The first kappa shape index (κ1) is 17.7. The molecule has 0 aliphatic heterocycles. The molecular formula is C18H24N4O2. The maximum Gasteiger partial charge on any atom is 0.269 e. The lowest BCUT2D eigenvalue weighted by Crippen LogP contribution is -2.21. The minimum atomic E-state index is -0.607. The molecule has 1 heterocycles. The van der Waals surface area contributed by atoms with Crippen molar-refractivity contribution in [2.45, 2.75) is 39.5 Å². The molecule has 128 valence electrons. The molecule has 0 unspecified atom stereocenters. The van der Waals surface area contributed by atoms with Crippen LogP contribution in [0, 0.1) is 0 Å². The molecule has 24 heavy (non-hydrogen) atoms. The van der Waals surface area contributed by atoms with E-state index in [0.717, 1.165) is 24.8 Å². The van der Waals surface area contributed by atoms with Gasteiger partial charge in [-0.3, -0.25) is 14.3 Å². The number of benzene rings is 1. The number of aromatic nitrogens is 2. The number of rotatable bonds is 7. The predicted octanol–water partition coefficient (Wildman–Crippen LogP) is 2.68. The molecule has 0 fully saturated rings. The normalized spacial score (nSPS) is 10.6. The summed E-state index contributed by atoms with van der Waals surface area (Å²) in [6, 6.07) is 7.49. The van der Waals surface area contributed by atoms with Crippen LogP contribution in [0.1, 0.15) is 58.8 Å². The fourth-order valence-electron chi connectivity index (χ4n) is 2.82. The lowest BCUT2D eigenvalue weighted by Gasteiger charge is -2.10. The molecule has 1 aromatic heterocycles. The molecule has 2 aromatic rings. The Morgan fingerprint density at radius 3 is 2.46 bits per heavy atom. The summed E-state index contributed by atoms with van der Waals surface area (Å²) in [5.74, 6) is -0.851. The summed E-state index contributed by atoms with van der Waals surface area (Å²) in [6.45, 7) is 4.08. The van der Waals surface area contributed by atoms with E-state index in [4.69, 9.17) is 5.73 Å². The van der Waals surface area contributed by atoms with Crippen molar-refractivity contribution in [2.75, 3.05) is 5.32 Å². The fraction of sp³-hybridized carbons (Fsp3) is 0.389. The largest absolute Gasteiger partial charge is 0.364 e. The first-order valence-electron chi connectivity index (χ1n) is 8.24. The SMILES string of the molecule is CCCc1ccccc1C(=O)Nc1c(CCC)nn(C)c1C(N)=O. The number of nitrogens with two attached hydrogens (primary N) is 1. The summed E-state index contributed by atoms with van der Waals surface area (Å²) in [6.07, 6.45) is 3.28. The van der Waals surface area contributed by atoms with Crippen molar-refractivity contribution >= 4 is 17.5 Å². The maximum atomic E-state index is 12.8. The number of anilines is 1. The number of hydrogen-bond acceptors (Lipinski definition) is 3. The Morgan fingerprint density at radius 2 is 1.83 bits per heavy atom. The van der Waals surface area contributed by atoms with Gasteiger partial charge in [-0.15, -0.1) is 0 Å². The molecule has 0 spiro atoms. The van der Waals surface area contributed by atoms with E-state index in [1.807, 2.05) is 25.1 Å². The minimum Gasteiger partial charge on any atom is -0.364 e. The quantitative estimate of drug-likeness (QED) is 0.818. The monoisotopic (exact) mass is 328 g/mol. The Hall–Kier alpha value is -2.63.